The molecule has 1 aromatic carbocycles. The molecule has 1 saturated heterocycles. The third-order valence-electron chi connectivity index (χ3n) is 5.18. The number of ether oxygens (including phenoxy) is 1. The van der Waals surface area contributed by atoms with Crippen molar-refractivity contribution < 1.29 is 17.9 Å². The van der Waals surface area contributed by atoms with Gasteiger partial charge in [-0.05, 0) is 17.7 Å². The average Bonchev–Trinajstić information content (AvgIpc) is 3.02. The number of nitrogens with zero attached hydrogens (tertiary/aromatic N) is 5. The highest BCUT2D eigenvalue weighted by atomic mass is 19.4. The number of hydrogen-bond acceptors (Lipinski definition) is 7. The average molecular weight is 410 g/mol. The first-order valence-electron chi connectivity index (χ1n) is 9.58. The van der Waals surface area contributed by atoms with E-state index in [2.05, 4.69) is 35.9 Å². The highest BCUT2D eigenvalue weighted by Crippen LogP contribution is 2.31. The number of piperazine rings is 1. The number of halogens is 3. The van der Waals surface area contributed by atoms with Gasteiger partial charge >= 0.3 is 6.36 Å². The number of amidine groups is 1. The molecule has 0 aromatic heterocycles. The zero-order valence-electron chi connectivity index (χ0n) is 16.5. The third-order valence-corrected chi connectivity index (χ3v) is 5.18. The van der Waals surface area contributed by atoms with Crippen molar-refractivity contribution in [2.75, 3.05) is 46.9 Å². The molecule has 1 N–H and O–H groups in total. The number of benzene rings is 1. The molecule has 1 fully saturated rings. The molecular formula is C19H25F3N6O. The Hall–Kier alpha value is -2.46. The van der Waals surface area contributed by atoms with Crippen LogP contribution in [0.5, 0.6) is 5.75 Å². The van der Waals surface area contributed by atoms with Gasteiger partial charge in [-0.15, -0.1) is 13.2 Å². The maximum Gasteiger partial charge on any atom is 0.573 e. The summed E-state index contributed by atoms with van der Waals surface area (Å²) in [6, 6.07) is 6.05. The number of hydrogen-bond donors (Lipinski definition) is 1. The summed E-state index contributed by atoms with van der Waals surface area (Å²) >= 11 is 0. The Kier molecular flexibility index (Phi) is 5.30. The van der Waals surface area contributed by atoms with Crippen molar-refractivity contribution in [1.29, 1.82) is 0 Å². The Morgan fingerprint density at radius 1 is 1.14 bits per heavy atom. The van der Waals surface area contributed by atoms with E-state index in [0.717, 1.165) is 49.9 Å². The second kappa shape index (κ2) is 7.75. The first kappa shape index (κ1) is 19.8. The van der Waals surface area contributed by atoms with E-state index in [9.17, 15) is 13.2 Å². The third kappa shape index (κ3) is 4.43. The van der Waals surface area contributed by atoms with Crippen molar-refractivity contribution in [3.8, 4) is 5.75 Å². The van der Waals surface area contributed by atoms with Crippen LogP contribution in [0.25, 0.3) is 0 Å². The van der Waals surface area contributed by atoms with Gasteiger partial charge in [-0.1, -0.05) is 12.1 Å². The first-order valence-corrected chi connectivity index (χ1v) is 9.58. The molecule has 7 nitrogen and oxygen atoms in total. The van der Waals surface area contributed by atoms with Crippen molar-refractivity contribution in [2.24, 2.45) is 4.99 Å². The van der Waals surface area contributed by atoms with Gasteiger partial charge in [0.15, 0.2) is 12.1 Å². The summed E-state index contributed by atoms with van der Waals surface area (Å²) in [5.74, 6) is 0.735. The van der Waals surface area contributed by atoms with E-state index in [-0.39, 0.29) is 12.0 Å². The lowest BCUT2D eigenvalue weighted by Crippen LogP contribution is -2.52. The van der Waals surface area contributed by atoms with Crippen LogP contribution in [0.4, 0.5) is 13.2 Å². The van der Waals surface area contributed by atoms with Crippen LogP contribution < -0.4 is 10.1 Å². The Morgan fingerprint density at radius 2 is 1.83 bits per heavy atom. The normalized spacial score (nSPS) is 23.1. The molecule has 3 aliphatic heterocycles. The quantitative estimate of drug-likeness (QED) is 0.815. The predicted molar refractivity (Wildman–Crippen MR) is 103 cm³/mol. The lowest BCUT2D eigenvalue weighted by Gasteiger charge is -2.38. The van der Waals surface area contributed by atoms with E-state index >= 15 is 0 Å². The van der Waals surface area contributed by atoms with Gasteiger partial charge in [-0.3, -0.25) is 4.90 Å². The van der Waals surface area contributed by atoms with Gasteiger partial charge in [0.25, 0.3) is 0 Å². The summed E-state index contributed by atoms with van der Waals surface area (Å²) in [4.78, 5) is 13.8. The molecule has 3 aliphatic rings. The molecule has 0 aliphatic carbocycles. The van der Waals surface area contributed by atoms with E-state index in [0.29, 0.717) is 6.54 Å². The Morgan fingerprint density at radius 3 is 2.48 bits per heavy atom. The summed E-state index contributed by atoms with van der Waals surface area (Å²) in [5, 5.41) is 3.36. The summed E-state index contributed by atoms with van der Waals surface area (Å²) < 4.78 is 41.2. The van der Waals surface area contributed by atoms with Crippen LogP contribution in [0.15, 0.2) is 41.2 Å². The van der Waals surface area contributed by atoms with Crippen molar-refractivity contribution in [2.45, 2.75) is 19.2 Å². The fourth-order valence-electron chi connectivity index (χ4n) is 3.93. The van der Waals surface area contributed by atoms with Gasteiger partial charge in [-0.2, -0.15) is 0 Å². The summed E-state index contributed by atoms with van der Waals surface area (Å²) in [6.45, 7) is 4.91. The Labute approximate surface area is 168 Å². The van der Waals surface area contributed by atoms with Crippen molar-refractivity contribution in [1.82, 2.24) is 24.9 Å². The monoisotopic (exact) mass is 410 g/mol. The van der Waals surface area contributed by atoms with Gasteiger partial charge in [0.1, 0.15) is 5.75 Å². The lowest BCUT2D eigenvalue weighted by molar-refractivity contribution is -0.274. The minimum atomic E-state index is -4.69. The first-order chi connectivity index (χ1) is 13.8. The van der Waals surface area contributed by atoms with Crippen molar-refractivity contribution >= 4 is 5.84 Å². The molecule has 1 aromatic rings. The van der Waals surface area contributed by atoms with Gasteiger partial charge in [-0.25, -0.2) is 4.99 Å². The molecule has 0 amide bonds. The van der Waals surface area contributed by atoms with E-state index < -0.39 is 6.36 Å². The van der Waals surface area contributed by atoms with E-state index in [1.807, 2.05) is 14.1 Å². The highest BCUT2D eigenvalue weighted by Gasteiger charge is 2.38. The molecule has 4 rings (SSSR count). The number of fused-ring (bicyclic) bond motifs is 1. The second-order valence-corrected chi connectivity index (χ2v) is 7.52. The number of alkyl halides is 3. The largest absolute Gasteiger partial charge is 0.573 e. The van der Waals surface area contributed by atoms with Crippen molar-refractivity contribution in [3.05, 3.63) is 41.7 Å². The molecule has 29 heavy (non-hydrogen) atoms. The highest BCUT2D eigenvalue weighted by molar-refractivity contribution is 5.99. The molecule has 0 bridgehead atoms. The van der Waals surface area contributed by atoms with Crippen LogP contribution in [0.3, 0.4) is 0 Å². The smallest absolute Gasteiger partial charge is 0.406 e. The van der Waals surface area contributed by atoms with Crippen LogP contribution in [-0.2, 0) is 6.54 Å². The van der Waals surface area contributed by atoms with Gasteiger partial charge in [0.05, 0.1) is 12.4 Å². The fraction of sp³-hybridized carbons (Fsp3) is 0.526. The number of nitrogens with one attached hydrogen (secondary N) is 1. The zero-order chi connectivity index (χ0) is 20.6. The summed E-state index contributed by atoms with van der Waals surface area (Å²) in [5.41, 5.74) is 1.92. The molecule has 158 valence electrons. The lowest BCUT2D eigenvalue weighted by atomic mass is 10.2. The van der Waals surface area contributed by atoms with Crippen LogP contribution in [0.2, 0.25) is 0 Å². The standard InChI is InChI=1S/C19H25F3N6O/c1-25-12-16-17(26(2)13-25)24-18(27-9-7-23-8-10-27)28(16)11-14-3-5-15(6-4-14)29-19(20,21)22/h3-6,12,18,23H,7-11,13H2,1-2H3. The second-order valence-electron chi connectivity index (χ2n) is 7.52. The zero-order valence-corrected chi connectivity index (χ0v) is 16.5. The SMILES string of the molecule is CN1C=C2C(=NC(N3CCNCC3)N2Cc2ccc(OC(F)(F)F)cc2)N(C)C1. The minimum Gasteiger partial charge on any atom is -0.406 e. The van der Waals surface area contributed by atoms with Crippen LogP contribution in [-0.4, -0.2) is 85.0 Å². The van der Waals surface area contributed by atoms with E-state index in [1.165, 1.54) is 12.1 Å². The van der Waals surface area contributed by atoms with Crippen LogP contribution in [0, 0.1) is 0 Å². The molecule has 10 heteroatoms. The summed E-state index contributed by atoms with van der Waals surface area (Å²) in [7, 11) is 4.03. The van der Waals surface area contributed by atoms with Crippen LogP contribution >= 0.6 is 0 Å². The fourth-order valence-corrected chi connectivity index (χ4v) is 3.93. The van der Waals surface area contributed by atoms with E-state index in [4.69, 9.17) is 4.99 Å². The number of likely N-dealkylation sites (N-methyl/N-ethyl adjacent to an activating group) is 1. The van der Waals surface area contributed by atoms with Crippen LogP contribution in [0.1, 0.15) is 5.56 Å². The van der Waals surface area contributed by atoms with Crippen molar-refractivity contribution in [3.63, 3.8) is 0 Å². The van der Waals surface area contributed by atoms with Gasteiger partial charge in [0, 0.05) is 53.0 Å². The Bertz CT molecular complexity index is 788. The Balaban J connectivity index is 1.57. The molecule has 0 radical (unpaired) electrons. The minimum absolute atomic E-state index is 0.126. The maximum atomic E-state index is 12.4. The predicted octanol–water partition coefficient (Wildman–Crippen LogP) is 1.66. The van der Waals surface area contributed by atoms with E-state index in [1.54, 1.807) is 12.1 Å². The topological polar surface area (TPSA) is 46.6 Å². The molecule has 1 atom stereocenters. The maximum absolute atomic E-state index is 12.4. The van der Waals surface area contributed by atoms with Gasteiger partial charge in [0.2, 0.25) is 0 Å². The number of rotatable bonds is 4. The molecule has 0 saturated carbocycles. The molecular weight excluding hydrogens is 385 g/mol. The molecule has 1 unspecified atom stereocenters. The summed E-state index contributed by atoms with van der Waals surface area (Å²) in [6.07, 6.45) is -2.73. The molecule has 3 heterocycles. The number of aliphatic imine (C=N–C) groups is 1. The van der Waals surface area contributed by atoms with Gasteiger partial charge < -0.3 is 24.8 Å². The molecule has 0 spiro atoms.